The van der Waals surface area contributed by atoms with Crippen LogP contribution in [0.15, 0.2) is 30.3 Å². The van der Waals surface area contributed by atoms with Gasteiger partial charge in [0.05, 0.1) is 12.7 Å². The van der Waals surface area contributed by atoms with Crippen molar-refractivity contribution in [1.82, 2.24) is 10.2 Å². The van der Waals surface area contributed by atoms with Crippen LogP contribution in [0.5, 0.6) is 0 Å². The average molecular weight is 306 g/mol. The van der Waals surface area contributed by atoms with E-state index < -0.39 is 11.8 Å². The second-order valence-electron chi connectivity index (χ2n) is 5.28. The monoisotopic (exact) mass is 306 g/mol. The molecule has 1 aliphatic rings. The second kappa shape index (κ2) is 8.51. The van der Waals surface area contributed by atoms with Crippen LogP contribution in [0, 0.1) is 0 Å². The third-order valence-corrected chi connectivity index (χ3v) is 3.58. The van der Waals surface area contributed by atoms with Crippen molar-refractivity contribution in [3.8, 4) is 0 Å². The molecule has 1 aliphatic heterocycles. The predicted molar refractivity (Wildman–Crippen MR) is 80.9 cm³/mol. The predicted octanol–water partition coefficient (Wildman–Crippen LogP) is 0.303. The summed E-state index contributed by atoms with van der Waals surface area (Å²) >= 11 is 0. The van der Waals surface area contributed by atoms with Gasteiger partial charge >= 0.3 is 11.8 Å². The van der Waals surface area contributed by atoms with Crippen molar-refractivity contribution in [2.75, 3.05) is 26.3 Å². The topological polar surface area (TPSA) is 78.9 Å². The van der Waals surface area contributed by atoms with Crippen molar-refractivity contribution in [3.05, 3.63) is 35.9 Å². The number of aliphatic hydroxyl groups is 1. The minimum Gasteiger partial charge on any atom is -0.395 e. The lowest BCUT2D eigenvalue weighted by molar-refractivity contribution is -0.146. The zero-order chi connectivity index (χ0) is 15.8. The summed E-state index contributed by atoms with van der Waals surface area (Å²) in [4.78, 5) is 25.5. The number of hydrogen-bond donors (Lipinski definition) is 2. The summed E-state index contributed by atoms with van der Waals surface area (Å²) < 4.78 is 5.41. The zero-order valence-corrected chi connectivity index (χ0v) is 12.5. The third-order valence-electron chi connectivity index (χ3n) is 3.58. The van der Waals surface area contributed by atoms with E-state index in [2.05, 4.69) is 5.32 Å². The maximum Gasteiger partial charge on any atom is 0.312 e. The van der Waals surface area contributed by atoms with Gasteiger partial charge in [-0.05, 0) is 18.4 Å². The van der Waals surface area contributed by atoms with Crippen molar-refractivity contribution >= 4 is 11.8 Å². The quantitative estimate of drug-likeness (QED) is 0.741. The fourth-order valence-corrected chi connectivity index (χ4v) is 2.41. The number of hydrogen-bond acceptors (Lipinski definition) is 4. The van der Waals surface area contributed by atoms with Crippen LogP contribution in [0.3, 0.4) is 0 Å². The fourth-order valence-electron chi connectivity index (χ4n) is 2.41. The van der Waals surface area contributed by atoms with Crippen LogP contribution in [-0.4, -0.2) is 54.2 Å². The Morgan fingerprint density at radius 2 is 2.09 bits per heavy atom. The van der Waals surface area contributed by atoms with Gasteiger partial charge in [-0.25, -0.2) is 0 Å². The molecule has 6 nitrogen and oxygen atoms in total. The molecule has 1 unspecified atom stereocenters. The van der Waals surface area contributed by atoms with E-state index >= 15 is 0 Å². The summed E-state index contributed by atoms with van der Waals surface area (Å²) in [6, 6.07) is 9.38. The molecule has 0 aromatic heterocycles. The summed E-state index contributed by atoms with van der Waals surface area (Å²) in [5.41, 5.74) is 0.913. The largest absolute Gasteiger partial charge is 0.395 e. The summed E-state index contributed by atoms with van der Waals surface area (Å²) in [6.45, 7) is 1.30. The molecule has 1 heterocycles. The molecule has 0 radical (unpaired) electrons. The van der Waals surface area contributed by atoms with Crippen molar-refractivity contribution in [1.29, 1.82) is 0 Å². The first-order valence-electron chi connectivity index (χ1n) is 7.54. The molecule has 1 saturated heterocycles. The standard InChI is InChI=1S/C16H22N2O4/c19-9-8-18(12-13-5-2-1-3-6-13)16(21)15(20)17-11-14-7-4-10-22-14/h1-3,5-6,14,19H,4,7-12H2,(H,17,20). The number of carbonyl (C=O) groups excluding carboxylic acids is 2. The number of nitrogens with zero attached hydrogens (tertiary/aromatic N) is 1. The molecule has 22 heavy (non-hydrogen) atoms. The molecule has 2 N–H and O–H groups in total. The van der Waals surface area contributed by atoms with Crippen molar-refractivity contribution < 1.29 is 19.4 Å². The highest BCUT2D eigenvalue weighted by Gasteiger charge is 2.23. The molecule has 1 aromatic carbocycles. The molecule has 0 aliphatic carbocycles. The van der Waals surface area contributed by atoms with E-state index in [0.29, 0.717) is 19.7 Å². The Morgan fingerprint density at radius 3 is 2.73 bits per heavy atom. The van der Waals surface area contributed by atoms with Crippen LogP contribution >= 0.6 is 0 Å². The maximum atomic E-state index is 12.2. The highest BCUT2D eigenvalue weighted by Crippen LogP contribution is 2.10. The Morgan fingerprint density at radius 1 is 1.32 bits per heavy atom. The molecular formula is C16H22N2O4. The van der Waals surface area contributed by atoms with Gasteiger partial charge in [-0.15, -0.1) is 0 Å². The number of rotatable bonds is 6. The molecule has 1 fully saturated rings. The van der Waals surface area contributed by atoms with Crippen LogP contribution < -0.4 is 5.32 Å². The first-order valence-corrected chi connectivity index (χ1v) is 7.54. The highest BCUT2D eigenvalue weighted by molar-refractivity contribution is 6.34. The number of carbonyl (C=O) groups is 2. The van der Waals surface area contributed by atoms with Gasteiger partial charge in [0.2, 0.25) is 0 Å². The zero-order valence-electron chi connectivity index (χ0n) is 12.5. The van der Waals surface area contributed by atoms with Crippen LogP contribution in [0.4, 0.5) is 0 Å². The molecular weight excluding hydrogens is 284 g/mol. The molecule has 2 rings (SSSR count). The first kappa shape index (κ1) is 16.5. The van der Waals surface area contributed by atoms with Gasteiger partial charge in [0.25, 0.3) is 0 Å². The molecule has 0 saturated carbocycles. The maximum absolute atomic E-state index is 12.2. The Hall–Kier alpha value is -1.92. The molecule has 0 bridgehead atoms. The smallest absolute Gasteiger partial charge is 0.312 e. The van der Waals surface area contributed by atoms with Crippen molar-refractivity contribution in [2.24, 2.45) is 0 Å². The van der Waals surface area contributed by atoms with E-state index in [9.17, 15) is 9.59 Å². The number of nitrogens with one attached hydrogen (secondary N) is 1. The van der Waals surface area contributed by atoms with Gasteiger partial charge in [-0.1, -0.05) is 30.3 Å². The molecule has 1 atom stereocenters. The Kier molecular flexibility index (Phi) is 6.36. The van der Waals surface area contributed by atoms with Crippen LogP contribution in [0.25, 0.3) is 0 Å². The summed E-state index contributed by atoms with van der Waals surface area (Å²) in [6.07, 6.45) is 1.88. The first-order chi connectivity index (χ1) is 10.7. The Bertz CT molecular complexity index is 486. The van der Waals surface area contributed by atoms with Crippen molar-refractivity contribution in [3.63, 3.8) is 0 Å². The lowest BCUT2D eigenvalue weighted by Gasteiger charge is -2.21. The molecule has 1 aromatic rings. The second-order valence-corrected chi connectivity index (χ2v) is 5.28. The van der Waals surface area contributed by atoms with E-state index in [1.807, 2.05) is 30.3 Å². The van der Waals surface area contributed by atoms with Crippen LogP contribution in [-0.2, 0) is 20.9 Å². The lowest BCUT2D eigenvalue weighted by atomic mass is 10.2. The Labute approximate surface area is 130 Å². The van der Waals surface area contributed by atoms with Gasteiger partial charge in [0, 0.05) is 26.2 Å². The summed E-state index contributed by atoms with van der Waals surface area (Å²) in [5, 5.41) is 11.7. The molecule has 120 valence electrons. The van der Waals surface area contributed by atoms with Crippen LogP contribution in [0.2, 0.25) is 0 Å². The van der Waals surface area contributed by atoms with Gasteiger partial charge in [0.1, 0.15) is 0 Å². The number of aliphatic hydroxyl groups excluding tert-OH is 1. The van der Waals surface area contributed by atoms with E-state index in [-0.39, 0.29) is 19.3 Å². The van der Waals surface area contributed by atoms with E-state index in [1.54, 1.807) is 0 Å². The summed E-state index contributed by atoms with van der Waals surface area (Å²) in [5.74, 6) is -1.28. The molecule has 0 spiro atoms. The summed E-state index contributed by atoms with van der Waals surface area (Å²) in [7, 11) is 0. The van der Waals surface area contributed by atoms with Gasteiger partial charge in [0.15, 0.2) is 0 Å². The third kappa shape index (κ3) is 4.82. The van der Waals surface area contributed by atoms with E-state index in [1.165, 1.54) is 4.90 Å². The fraction of sp³-hybridized carbons (Fsp3) is 0.500. The van der Waals surface area contributed by atoms with Gasteiger partial charge in [-0.2, -0.15) is 0 Å². The normalized spacial score (nSPS) is 17.2. The van der Waals surface area contributed by atoms with E-state index in [0.717, 1.165) is 18.4 Å². The number of ether oxygens (including phenoxy) is 1. The van der Waals surface area contributed by atoms with Gasteiger partial charge in [-0.3, -0.25) is 9.59 Å². The lowest BCUT2D eigenvalue weighted by Crippen LogP contribution is -2.45. The number of benzene rings is 1. The highest BCUT2D eigenvalue weighted by atomic mass is 16.5. The molecule has 6 heteroatoms. The minimum atomic E-state index is -0.653. The molecule has 2 amide bonds. The minimum absolute atomic E-state index is 0.00262. The van der Waals surface area contributed by atoms with Crippen LogP contribution in [0.1, 0.15) is 18.4 Å². The van der Waals surface area contributed by atoms with E-state index in [4.69, 9.17) is 9.84 Å². The SMILES string of the molecule is O=C(NCC1CCCO1)C(=O)N(CCO)Cc1ccccc1. The van der Waals surface area contributed by atoms with Crippen molar-refractivity contribution in [2.45, 2.75) is 25.5 Å². The van der Waals surface area contributed by atoms with Gasteiger partial charge < -0.3 is 20.1 Å². The Balaban J connectivity index is 1.88. The average Bonchev–Trinajstić information content (AvgIpc) is 3.06. The number of amides is 2.